The number of nitrogens with one attached hydrogen (secondary N) is 1. The molecular weight excluding hydrogens is 693 g/mol. The first kappa shape index (κ1) is 37.3. The van der Waals surface area contributed by atoms with Crippen LogP contribution in [0.5, 0.6) is 17.2 Å². The third-order valence-corrected chi connectivity index (χ3v) is 14.9. The average molecular weight is 747 g/mol. The summed E-state index contributed by atoms with van der Waals surface area (Å²) in [4.78, 5) is 30.9. The number of carbonyl (C=O) groups excluding carboxylic acids is 2. The Morgan fingerprint density at radius 1 is 0.818 bits per heavy atom. The molecule has 0 aromatic heterocycles. The third kappa shape index (κ3) is 5.63. The fourth-order valence-corrected chi connectivity index (χ4v) is 11.9. The maximum Gasteiger partial charge on any atom is 0.322 e. The van der Waals surface area contributed by atoms with Gasteiger partial charge >= 0.3 is 6.03 Å². The molecule has 55 heavy (non-hydrogen) atoms. The first-order valence-electron chi connectivity index (χ1n) is 19.7. The molecular formula is C46H54N2O7. The predicted molar refractivity (Wildman–Crippen MR) is 211 cm³/mol. The predicted octanol–water partition coefficient (Wildman–Crippen LogP) is 8.22. The summed E-state index contributed by atoms with van der Waals surface area (Å²) in [5.41, 5.74) is -0.179. The molecule has 0 saturated heterocycles. The van der Waals surface area contributed by atoms with E-state index in [-0.39, 0.29) is 42.2 Å². The number of ketones is 1. The van der Waals surface area contributed by atoms with Crippen molar-refractivity contribution in [2.75, 3.05) is 33.2 Å². The Balaban J connectivity index is 1.18. The monoisotopic (exact) mass is 746 g/mol. The molecule has 8 atom stereocenters. The van der Waals surface area contributed by atoms with Crippen molar-refractivity contribution < 1.29 is 34.0 Å². The van der Waals surface area contributed by atoms with Crippen LogP contribution in [0.2, 0.25) is 0 Å². The van der Waals surface area contributed by atoms with Gasteiger partial charge in [-0.2, -0.15) is 0 Å². The second kappa shape index (κ2) is 13.6. The van der Waals surface area contributed by atoms with Gasteiger partial charge in [0.25, 0.3) is 0 Å². The second-order valence-corrected chi connectivity index (χ2v) is 17.2. The van der Waals surface area contributed by atoms with E-state index in [2.05, 4.69) is 37.4 Å². The fourth-order valence-electron chi connectivity index (χ4n) is 11.9. The van der Waals surface area contributed by atoms with Crippen molar-refractivity contribution in [1.82, 2.24) is 4.90 Å². The molecule has 9 rings (SSSR count). The molecule has 290 valence electrons. The standard InChI is InChI=1S/C46H54N2O7/c1-42-20-17-33(49)26-44(42)23-24-46(36(27-44)40(50)30-9-7-6-8-10-30)38(42)18-21-43(2)39(46)19-22-45(43,52)29-48(28-31-11-14-35(54-4)25-37(31)55-5)41(51)47-32-12-15-34(53-3)16-13-32/h6-16,23-25,27,33,38-39,49,52H,17-22,26,28-29H2,1-5H3,(H,47,51). The van der Waals surface area contributed by atoms with Crippen LogP contribution >= 0.6 is 0 Å². The molecule has 3 fully saturated rings. The minimum atomic E-state index is -1.27. The van der Waals surface area contributed by atoms with Gasteiger partial charge in [-0.15, -0.1) is 0 Å². The van der Waals surface area contributed by atoms with Crippen molar-refractivity contribution in [2.45, 2.75) is 77.0 Å². The summed E-state index contributed by atoms with van der Waals surface area (Å²) in [5.74, 6) is 2.06. The number of methoxy groups -OCH3 is 3. The number of aliphatic hydroxyl groups is 2. The molecule has 8 unspecified atom stereocenters. The zero-order valence-corrected chi connectivity index (χ0v) is 32.6. The molecule has 0 radical (unpaired) electrons. The number of ether oxygens (including phenoxy) is 3. The number of anilines is 1. The lowest BCUT2D eigenvalue weighted by Crippen LogP contribution is -2.67. The van der Waals surface area contributed by atoms with Crippen LogP contribution in [0.1, 0.15) is 74.7 Å². The van der Waals surface area contributed by atoms with E-state index in [4.69, 9.17) is 14.2 Å². The van der Waals surface area contributed by atoms with Crippen molar-refractivity contribution in [2.24, 2.45) is 33.5 Å². The van der Waals surface area contributed by atoms with E-state index in [0.29, 0.717) is 47.8 Å². The Kier molecular flexibility index (Phi) is 9.20. The lowest BCUT2D eigenvalue weighted by Gasteiger charge is -2.71. The highest BCUT2D eigenvalue weighted by molar-refractivity contribution is 6.10. The van der Waals surface area contributed by atoms with Crippen LogP contribution in [0, 0.1) is 33.5 Å². The molecule has 2 bridgehead atoms. The van der Waals surface area contributed by atoms with Crippen molar-refractivity contribution in [3.05, 3.63) is 108 Å². The lowest BCUT2D eigenvalue weighted by atomic mass is 9.32. The summed E-state index contributed by atoms with van der Waals surface area (Å²) in [5, 5.41) is 27.3. The number of fused-ring (bicyclic) bond motifs is 1. The topological polar surface area (TPSA) is 118 Å². The maximum atomic E-state index is 14.8. The van der Waals surface area contributed by atoms with Gasteiger partial charge in [-0.1, -0.05) is 62.4 Å². The summed E-state index contributed by atoms with van der Waals surface area (Å²) in [7, 11) is 4.80. The number of urea groups is 1. The number of carbonyl (C=O) groups is 2. The van der Waals surface area contributed by atoms with Gasteiger partial charge in [0.1, 0.15) is 17.2 Å². The van der Waals surface area contributed by atoms with Gasteiger partial charge in [-0.05, 0) is 98.6 Å². The van der Waals surface area contributed by atoms with Crippen molar-refractivity contribution in [3.8, 4) is 17.2 Å². The molecule has 6 aliphatic rings. The van der Waals surface area contributed by atoms with E-state index in [0.717, 1.165) is 36.8 Å². The number of hydrogen-bond acceptors (Lipinski definition) is 7. The highest BCUT2D eigenvalue weighted by Crippen LogP contribution is 2.78. The van der Waals surface area contributed by atoms with Crippen molar-refractivity contribution in [1.29, 1.82) is 0 Å². The van der Waals surface area contributed by atoms with Gasteiger partial charge in [0.05, 0.1) is 46.1 Å². The minimum Gasteiger partial charge on any atom is -0.497 e. The zero-order chi connectivity index (χ0) is 38.8. The van der Waals surface area contributed by atoms with E-state index in [1.807, 2.05) is 42.5 Å². The Labute approximate surface area is 324 Å². The fraction of sp³-hybridized carbons (Fsp3) is 0.478. The van der Waals surface area contributed by atoms with Gasteiger partial charge in [0.15, 0.2) is 5.78 Å². The average Bonchev–Trinajstić information content (AvgIpc) is 3.47. The number of hydrogen-bond donors (Lipinski definition) is 3. The van der Waals surface area contributed by atoms with Crippen molar-refractivity contribution >= 4 is 17.5 Å². The molecule has 3 saturated carbocycles. The minimum absolute atomic E-state index is 0.0308. The quantitative estimate of drug-likeness (QED) is 0.141. The van der Waals surface area contributed by atoms with Crippen LogP contribution in [-0.2, 0) is 6.54 Å². The number of benzene rings is 3. The van der Waals surface area contributed by atoms with Gasteiger partial charge in [0, 0.05) is 44.7 Å². The molecule has 9 nitrogen and oxygen atoms in total. The van der Waals surface area contributed by atoms with E-state index < -0.39 is 27.9 Å². The SMILES string of the molecule is COc1ccc(NC(=O)N(Cc2ccc(OC)cc2OC)CC2(O)CCC3C45C=CC6(C=C4C(=O)c4ccccc4)CC(O)CCC6(C)C5CCC32C)cc1. The first-order chi connectivity index (χ1) is 26.3. The summed E-state index contributed by atoms with van der Waals surface area (Å²) in [6, 6.07) is 21.9. The van der Waals surface area contributed by atoms with Crippen LogP contribution in [-0.4, -0.2) is 66.5 Å². The second-order valence-electron chi connectivity index (χ2n) is 17.2. The highest BCUT2D eigenvalue weighted by Gasteiger charge is 2.74. The Morgan fingerprint density at radius 3 is 2.20 bits per heavy atom. The molecule has 3 aromatic carbocycles. The third-order valence-electron chi connectivity index (χ3n) is 14.9. The highest BCUT2D eigenvalue weighted by atomic mass is 16.5. The molecule has 6 aliphatic carbocycles. The van der Waals surface area contributed by atoms with E-state index >= 15 is 0 Å². The molecule has 2 spiro atoms. The van der Waals surface area contributed by atoms with Crippen LogP contribution in [0.4, 0.5) is 10.5 Å². The van der Waals surface area contributed by atoms with Crippen LogP contribution in [0.3, 0.4) is 0 Å². The Morgan fingerprint density at radius 2 is 1.49 bits per heavy atom. The van der Waals surface area contributed by atoms with Crippen LogP contribution < -0.4 is 19.5 Å². The van der Waals surface area contributed by atoms with Gasteiger partial charge in [-0.25, -0.2) is 4.79 Å². The molecule has 3 N–H and O–H groups in total. The Bertz CT molecular complexity index is 2030. The summed E-state index contributed by atoms with van der Waals surface area (Å²) in [6.07, 6.45) is 11.5. The molecule has 3 aromatic rings. The maximum absolute atomic E-state index is 14.8. The number of allylic oxidation sites excluding steroid dienone is 4. The number of amides is 2. The normalized spacial score (nSPS) is 34.1. The van der Waals surface area contributed by atoms with Gasteiger partial charge in [-0.3, -0.25) is 4.79 Å². The van der Waals surface area contributed by atoms with Crippen LogP contribution in [0.25, 0.3) is 0 Å². The van der Waals surface area contributed by atoms with E-state index in [1.165, 1.54) is 0 Å². The Hall–Kier alpha value is -4.60. The largest absolute Gasteiger partial charge is 0.497 e. The van der Waals surface area contributed by atoms with Crippen LogP contribution in [0.15, 0.2) is 96.6 Å². The smallest absolute Gasteiger partial charge is 0.322 e. The number of Topliss-reactive ketones (excluding diaryl/α,β-unsaturated/α-hetero) is 1. The molecule has 0 heterocycles. The van der Waals surface area contributed by atoms with E-state index in [1.54, 1.807) is 56.6 Å². The van der Waals surface area contributed by atoms with E-state index in [9.17, 15) is 19.8 Å². The molecule has 9 heteroatoms. The van der Waals surface area contributed by atoms with Crippen molar-refractivity contribution in [3.63, 3.8) is 0 Å². The van der Waals surface area contributed by atoms with Gasteiger partial charge in [0.2, 0.25) is 0 Å². The summed E-state index contributed by atoms with van der Waals surface area (Å²) < 4.78 is 16.5. The number of nitrogens with zero attached hydrogens (tertiary/aromatic N) is 1. The molecule has 0 aliphatic heterocycles. The zero-order valence-electron chi connectivity index (χ0n) is 32.6. The molecule has 2 amide bonds. The number of aliphatic hydroxyl groups excluding tert-OH is 1. The summed E-state index contributed by atoms with van der Waals surface area (Å²) >= 11 is 0. The summed E-state index contributed by atoms with van der Waals surface area (Å²) in [6.45, 7) is 4.86. The lowest BCUT2D eigenvalue weighted by molar-refractivity contribution is -0.174. The number of rotatable bonds is 10. The first-order valence-corrected chi connectivity index (χ1v) is 19.7. The van der Waals surface area contributed by atoms with Gasteiger partial charge < -0.3 is 34.6 Å².